The Hall–Kier alpha value is -2.21. The van der Waals surface area contributed by atoms with Crippen molar-refractivity contribution in [2.45, 2.75) is 32.7 Å². The molecule has 1 heterocycles. The van der Waals surface area contributed by atoms with Gasteiger partial charge in [0.1, 0.15) is 0 Å². The van der Waals surface area contributed by atoms with E-state index in [-0.39, 0.29) is 5.91 Å². The number of nitrogens with two attached hydrogens (primary N) is 1. The first kappa shape index (κ1) is 14.2. The van der Waals surface area contributed by atoms with E-state index in [4.69, 9.17) is 10.2 Å². The van der Waals surface area contributed by atoms with Gasteiger partial charge < -0.3 is 15.5 Å². The Kier molecular flexibility index (Phi) is 4.47. The van der Waals surface area contributed by atoms with Crippen molar-refractivity contribution < 1.29 is 9.21 Å². The van der Waals surface area contributed by atoms with Gasteiger partial charge in [-0.05, 0) is 31.0 Å². The summed E-state index contributed by atoms with van der Waals surface area (Å²) in [5.74, 6) is 0.232. The second kappa shape index (κ2) is 6.29. The van der Waals surface area contributed by atoms with E-state index in [2.05, 4.69) is 15.5 Å². The number of aryl methyl sites for hydroxylation is 1. The Bertz CT molecular complexity index is 581. The molecule has 0 radical (unpaired) electrons. The number of carbonyl (C=O) groups excluding carboxylic acids is 1. The highest BCUT2D eigenvalue weighted by Crippen LogP contribution is 2.24. The Morgan fingerprint density at radius 3 is 2.95 bits per heavy atom. The molecule has 0 fully saturated rings. The smallest absolute Gasteiger partial charge is 0.247 e. The molecule has 3 N–H and O–H groups in total. The molecule has 6 heteroatoms. The fourth-order valence-electron chi connectivity index (χ4n) is 1.86. The molecule has 1 aromatic carbocycles. The highest BCUT2D eigenvalue weighted by Gasteiger charge is 2.14. The maximum Gasteiger partial charge on any atom is 0.247 e. The second-order valence-electron chi connectivity index (χ2n) is 4.66. The van der Waals surface area contributed by atoms with Gasteiger partial charge >= 0.3 is 0 Å². The maximum atomic E-state index is 12.0. The Morgan fingerprint density at radius 1 is 1.50 bits per heavy atom. The van der Waals surface area contributed by atoms with Gasteiger partial charge in [-0.15, -0.1) is 10.2 Å². The zero-order valence-corrected chi connectivity index (χ0v) is 11.6. The fourth-order valence-corrected chi connectivity index (χ4v) is 1.86. The van der Waals surface area contributed by atoms with Crippen molar-refractivity contribution in [3.63, 3.8) is 0 Å². The van der Waals surface area contributed by atoms with Crippen molar-refractivity contribution in [1.29, 1.82) is 0 Å². The fraction of sp³-hybridized carbons (Fsp3) is 0.357. The van der Waals surface area contributed by atoms with Gasteiger partial charge in [0.15, 0.2) is 0 Å². The summed E-state index contributed by atoms with van der Waals surface area (Å²) in [4.78, 5) is 12.0. The molecule has 0 spiro atoms. The van der Waals surface area contributed by atoms with E-state index >= 15 is 0 Å². The summed E-state index contributed by atoms with van der Waals surface area (Å²) in [6.07, 6.45) is 2.80. The first-order valence-corrected chi connectivity index (χ1v) is 6.55. The second-order valence-corrected chi connectivity index (χ2v) is 4.66. The quantitative estimate of drug-likeness (QED) is 0.870. The molecule has 0 aliphatic carbocycles. The van der Waals surface area contributed by atoms with Crippen molar-refractivity contribution in [3.05, 3.63) is 30.2 Å². The van der Waals surface area contributed by atoms with Crippen LogP contribution in [0.3, 0.4) is 0 Å². The van der Waals surface area contributed by atoms with Gasteiger partial charge in [0.25, 0.3) is 0 Å². The Labute approximate surface area is 117 Å². The number of aromatic nitrogens is 2. The first-order valence-electron chi connectivity index (χ1n) is 6.55. The van der Waals surface area contributed by atoms with Crippen LogP contribution in [0.2, 0.25) is 0 Å². The van der Waals surface area contributed by atoms with Gasteiger partial charge in [0.05, 0.1) is 6.04 Å². The average Bonchev–Trinajstić information content (AvgIpc) is 2.95. The molecule has 6 nitrogen and oxygen atoms in total. The predicted molar refractivity (Wildman–Crippen MR) is 76.0 cm³/mol. The van der Waals surface area contributed by atoms with Crippen molar-refractivity contribution in [2.24, 2.45) is 5.73 Å². The number of hydrogen-bond acceptors (Lipinski definition) is 5. The molecular formula is C14H18N4O2. The van der Waals surface area contributed by atoms with Gasteiger partial charge in [0, 0.05) is 11.3 Å². The van der Waals surface area contributed by atoms with E-state index in [0.717, 1.165) is 17.5 Å². The predicted octanol–water partition coefficient (Wildman–Crippen LogP) is 2.11. The summed E-state index contributed by atoms with van der Waals surface area (Å²) < 4.78 is 5.15. The van der Waals surface area contributed by atoms with E-state index in [9.17, 15) is 4.79 Å². The lowest BCUT2D eigenvalue weighted by atomic mass is 10.1. The Morgan fingerprint density at radius 2 is 2.30 bits per heavy atom. The van der Waals surface area contributed by atoms with Crippen molar-refractivity contribution >= 4 is 11.6 Å². The van der Waals surface area contributed by atoms with Crippen LogP contribution in [0.25, 0.3) is 11.5 Å². The molecule has 1 aromatic heterocycles. The molecule has 0 bridgehead atoms. The van der Waals surface area contributed by atoms with E-state index < -0.39 is 6.04 Å². The number of carbonyl (C=O) groups is 1. The zero-order valence-electron chi connectivity index (χ0n) is 11.6. The normalized spacial score (nSPS) is 12.2. The molecule has 1 atom stereocenters. The molecule has 1 unspecified atom stereocenters. The standard InChI is InChI=1S/C14H18N4O2/c1-3-4-11(15)13(19)17-12-7-10(6-5-9(12)2)14-18-16-8-20-14/h5-8,11H,3-4,15H2,1-2H3,(H,17,19). The SMILES string of the molecule is CCCC(N)C(=O)Nc1cc(-c2nnco2)ccc1C. The molecule has 20 heavy (non-hydrogen) atoms. The third-order valence-electron chi connectivity index (χ3n) is 3.04. The van der Waals surface area contributed by atoms with Crippen LogP contribution in [0.1, 0.15) is 25.3 Å². The molecule has 106 valence electrons. The van der Waals surface area contributed by atoms with Crippen LogP contribution in [0.15, 0.2) is 29.0 Å². The number of nitrogens with one attached hydrogen (secondary N) is 1. The van der Waals surface area contributed by atoms with Crippen molar-refractivity contribution in [2.75, 3.05) is 5.32 Å². The van der Waals surface area contributed by atoms with E-state index in [0.29, 0.717) is 18.0 Å². The van der Waals surface area contributed by atoms with Crippen LogP contribution in [0.5, 0.6) is 0 Å². The number of rotatable bonds is 5. The van der Waals surface area contributed by atoms with Crippen LogP contribution < -0.4 is 11.1 Å². The molecule has 0 aliphatic rings. The van der Waals surface area contributed by atoms with Gasteiger partial charge in [0.2, 0.25) is 18.2 Å². The zero-order chi connectivity index (χ0) is 14.5. The van der Waals surface area contributed by atoms with Gasteiger partial charge in [-0.1, -0.05) is 19.4 Å². The van der Waals surface area contributed by atoms with Gasteiger partial charge in [-0.25, -0.2) is 0 Å². The first-order chi connectivity index (χ1) is 9.61. The summed E-state index contributed by atoms with van der Waals surface area (Å²) in [6.45, 7) is 3.91. The lowest BCUT2D eigenvalue weighted by Crippen LogP contribution is -2.35. The van der Waals surface area contributed by atoms with Crippen molar-refractivity contribution in [3.8, 4) is 11.5 Å². The van der Waals surface area contributed by atoms with Crippen LogP contribution in [-0.4, -0.2) is 22.1 Å². The van der Waals surface area contributed by atoms with E-state index in [1.807, 2.05) is 26.0 Å². The summed E-state index contributed by atoms with van der Waals surface area (Å²) in [5, 5.41) is 10.3. The highest BCUT2D eigenvalue weighted by atomic mass is 16.4. The molecule has 2 rings (SSSR count). The number of benzene rings is 1. The topological polar surface area (TPSA) is 94.0 Å². The molecule has 0 aliphatic heterocycles. The minimum atomic E-state index is -0.494. The monoisotopic (exact) mass is 274 g/mol. The minimum Gasteiger partial charge on any atom is -0.423 e. The average molecular weight is 274 g/mol. The maximum absolute atomic E-state index is 12.0. The van der Waals surface area contributed by atoms with E-state index in [1.54, 1.807) is 6.07 Å². The number of anilines is 1. The van der Waals surface area contributed by atoms with Gasteiger partial charge in [-0.2, -0.15) is 0 Å². The van der Waals surface area contributed by atoms with E-state index in [1.165, 1.54) is 6.39 Å². The number of amides is 1. The van der Waals surface area contributed by atoms with Crippen LogP contribution >= 0.6 is 0 Å². The lowest BCUT2D eigenvalue weighted by Gasteiger charge is -2.13. The van der Waals surface area contributed by atoms with Crippen LogP contribution in [0.4, 0.5) is 5.69 Å². The highest BCUT2D eigenvalue weighted by molar-refractivity contribution is 5.95. The third kappa shape index (κ3) is 3.21. The molecular weight excluding hydrogens is 256 g/mol. The van der Waals surface area contributed by atoms with Crippen molar-refractivity contribution in [1.82, 2.24) is 10.2 Å². The minimum absolute atomic E-state index is 0.183. The Balaban J connectivity index is 2.19. The summed E-state index contributed by atoms with van der Waals surface area (Å²) >= 11 is 0. The summed E-state index contributed by atoms with van der Waals surface area (Å²) in [7, 11) is 0. The number of nitrogens with zero attached hydrogens (tertiary/aromatic N) is 2. The summed E-state index contributed by atoms with van der Waals surface area (Å²) in [5.41, 5.74) is 8.22. The largest absolute Gasteiger partial charge is 0.423 e. The molecule has 0 saturated heterocycles. The van der Waals surface area contributed by atoms with Gasteiger partial charge in [-0.3, -0.25) is 4.79 Å². The van der Waals surface area contributed by atoms with Crippen LogP contribution in [0, 0.1) is 6.92 Å². The van der Waals surface area contributed by atoms with Crippen LogP contribution in [-0.2, 0) is 4.79 Å². The lowest BCUT2D eigenvalue weighted by molar-refractivity contribution is -0.117. The summed E-state index contributed by atoms with van der Waals surface area (Å²) in [6, 6.07) is 5.07. The molecule has 1 amide bonds. The number of hydrogen-bond donors (Lipinski definition) is 2. The molecule has 0 saturated carbocycles. The third-order valence-corrected chi connectivity index (χ3v) is 3.04. The molecule has 2 aromatic rings.